The lowest BCUT2D eigenvalue weighted by Crippen LogP contribution is -2.49. The lowest BCUT2D eigenvalue weighted by molar-refractivity contribution is -0.127. The van der Waals surface area contributed by atoms with Crippen molar-refractivity contribution in [2.45, 2.75) is 200 Å². The van der Waals surface area contributed by atoms with E-state index in [1.54, 1.807) is 5.57 Å². The van der Waals surface area contributed by atoms with E-state index in [2.05, 4.69) is 107 Å². The smallest absolute Gasteiger partial charge is 0.192 e. The molecule has 4 nitrogen and oxygen atoms in total. The zero-order chi connectivity index (χ0) is 36.8. The highest BCUT2D eigenvalue weighted by Gasteiger charge is 2.53. The third-order valence-electron chi connectivity index (χ3n) is 14.9. The van der Waals surface area contributed by atoms with Crippen molar-refractivity contribution in [1.82, 2.24) is 0 Å². The Bertz CT molecular complexity index is 1260. The standard InChI is InChI=1S/C43H76O4Si2/c1-15-16-24-43(25-26-43)39(45)29-37(44)31(3)35-21-22-36-32(18-17-23-42(35,36)10)19-20-33-27-34(46-48(11,12)40(4,5)6)28-38(30(33)2)47-49(13,14)41(7,8)9/h19-20,31,34-38,44H,2,15-18,21-29H2,1,3-14H3/b32-19+,33-20-/t31-,34+,35+,36-,37?,38-,42+/m0/s1. The summed E-state index contributed by atoms with van der Waals surface area (Å²) in [4.78, 5) is 13.3. The highest BCUT2D eigenvalue weighted by molar-refractivity contribution is 6.74. The highest BCUT2D eigenvalue weighted by atomic mass is 28.4. The number of Topliss-reactive ketones (excluding diaryl/α,β-unsaturated/α-hetero) is 1. The van der Waals surface area contributed by atoms with Gasteiger partial charge >= 0.3 is 0 Å². The van der Waals surface area contributed by atoms with Gasteiger partial charge in [-0.05, 0) is 128 Å². The maximum Gasteiger partial charge on any atom is 0.192 e. The second kappa shape index (κ2) is 14.9. The number of unbranched alkanes of at least 4 members (excludes halogenated alkanes) is 1. The molecule has 0 spiro atoms. The van der Waals surface area contributed by atoms with Gasteiger partial charge in [0, 0.05) is 18.3 Å². The molecule has 0 aromatic carbocycles. The van der Waals surface area contributed by atoms with Gasteiger partial charge in [0.2, 0.25) is 0 Å². The maximum atomic E-state index is 13.3. The summed E-state index contributed by atoms with van der Waals surface area (Å²) in [6.45, 7) is 35.0. The summed E-state index contributed by atoms with van der Waals surface area (Å²) >= 11 is 0. The molecule has 1 unspecified atom stereocenters. The second-order valence-corrected chi connectivity index (χ2v) is 29.8. The maximum absolute atomic E-state index is 13.3. The van der Waals surface area contributed by atoms with Crippen LogP contribution in [0.3, 0.4) is 0 Å². The van der Waals surface area contributed by atoms with Crippen LogP contribution in [0, 0.1) is 28.6 Å². The molecular weight excluding hydrogens is 637 g/mol. The predicted molar refractivity (Wildman–Crippen MR) is 213 cm³/mol. The van der Waals surface area contributed by atoms with E-state index in [0.717, 1.165) is 63.4 Å². The van der Waals surface area contributed by atoms with E-state index in [4.69, 9.17) is 8.85 Å². The van der Waals surface area contributed by atoms with Gasteiger partial charge in [0.25, 0.3) is 0 Å². The first-order valence-electron chi connectivity index (χ1n) is 20.1. The lowest BCUT2D eigenvalue weighted by atomic mass is 9.60. The van der Waals surface area contributed by atoms with E-state index < -0.39 is 22.7 Å². The van der Waals surface area contributed by atoms with Gasteiger partial charge in [0.15, 0.2) is 16.6 Å². The summed E-state index contributed by atoms with van der Waals surface area (Å²) in [5.74, 6) is 1.44. The number of carbonyl (C=O) groups excluding carboxylic acids is 1. The molecule has 0 radical (unpaired) electrons. The number of ketones is 1. The van der Waals surface area contributed by atoms with Crippen LogP contribution in [0.25, 0.3) is 0 Å². The number of hydrogen-bond donors (Lipinski definition) is 1. The fourth-order valence-electron chi connectivity index (χ4n) is 9.10. The summed E-state index contributed by atoms with van der Waals surface area (Å²) in [5.41, 5.74) is 4.07. The average Bonchev–Trinajstić information content (AvgIpc) is 3.69. The van der Waals surface area contributed by atoms with Crippen molar-refractivity contribution in [3.63, 3.8) is 0 Å². The summed E-state index contributed by atoms with van der Waals surface area (Å²) in [7, 11) is -3.97. The number of carbonyl (C=O) groups is 1. The molecule has 4 aliphatic rings. The third kappa shape index (κ3) is 8.88. The van der Waals surface area contributed by atoms with Crippen LogP contribution in [-0.4, -0.2) is 45.8 Å². The van der Waals surface area contributed by atoms with E-state index in [0.29, 0.717) is 24.0 Å². The first kappa shape index (κ1) is 41.0. The summed E-state index contributed by atoms with van der Waals surface area (Å²) in [6.07, 6.45) is 17.7. The molecule has 280 valence electrons. The number of aliphatic hydroxyl groups is 1. The van der Waals surface area contributed by atoms with E-state index in [9.17, 15) is 9.90 Å². The quantitative estimate of drug-likeness (QED) is 0.193. The largest absolute Gasteiger partial charge is 0.413 e. The van der Waals surface area contributed by atoms with E-state index in [-0.39, 0.29) is 39.0 Å². The van der Waals surface area contributed by atoms with Crippen LogP contribution in [0.1, 0.15) is 146 Å². The zero-order valence-electron chi connectivity index (χ0n) is 34.2. The molecule has 49 heavy (non-hydrogen) atoms. The van der Waals surface area contributed by atoms with Crippen molar-refractivity contribution in [1.29, 1.82) is 0 Å². The molecule has 0 aromatic heterocycles. The number of allylic oxidation sites excluding steroid dienone is 3. The molecule has 6 heteroatoms. The van der Waals surface area contributed by atoms with Crippen molar-refractivity contribution in [3.8, 4) is 0 Å². The first-order chi connectivity index (χ1) is 22.5. The second-order valence-electron chi connectivity index (χ2n) is 20.3. The van der Waals surface area contributed by atoms with Gasteiger partial charge in [0.05, 0.1) is 18.3 Å². The number of fused-ring (bicyclic) bond motifs is 1. The van der Waals surface area contributed by atoms with Crippen LogP contribution in [0.2, 0.25) is 36.3 Å². The molecule has 7 atom stereocenters. The van der Waals surface area contributed by atoms with Gasteiger partial charge in [-0.2, -0.15) is 0 Å². The fourth-order valence-corrected chi connectivity index (χ4v) is 11.8. The molecule has 1 N–H and O–H groups in total. The van der Waals surface area contributed by atoms with Gasteiger partial charge in [-0.25, -0.2) is 0 Å². The van der Waals surface area contributed by atoms with Crippen molar-refractivity contribution in [2.75, 3.05) is 0 Å². The Balaban J connectivity index is 1.54. The molecule has 4 fully saturated rings. The van der Waals surface area contributed by atoms with Gasteiger partial charge in [-0.3, -0.25) is 4.79 Å². The van der Waals surface area contributed by atoms with Crippen LogP contribution >= 0.6 is 0 Å². The lowest BCUT2D eigenvalue weighted by Gasteiger charge is -2.46. The molecule has 0 bridgehead atoms. The van der Waals surface area contributed by atoms with Crippen molar-refractivity contribution >= 4 is 22.4 Å². The molecular formula is C43H76O4Si2. The minimum absolute atomic E-state index is 0.0108. The zero-order valence-corrected chi connectivity index (χ0v) is 36.2. The Morgan fingerprint density at radius 3 is 2.18 bits per heavy atom. The number of aliphatic hydroxyl groups excluding tert-OH is 1. The Labute approximate surface area is 304 Å². The predicted octanol–water partition coefficient (Wildman–Crippen LogP) is 12.1. The van der Waals surface area contributed by atoms with Crippen LogP contribution in [0.15, 0.2) is 35.5 Å². The number of rotatable bonds is 13. The van der Waals surface area contributed by atoms with Gasteiger partial charge in [0.1, 0.15) is 5.78 Å². The van der Waals surface area contributed by atoms with Crippen molar-refractivity contribution in [2.24, 2.45) is 28.6 Å². The van der Waals surface area contributed by atoms with E-state index >= 15 is 0 Å². The fraction of sp³-hybridized carbons (Fsp3) is 0.837. The Morgan fingerprint density at radius 2 is 1.61 bits per heavy atom. The monoisotopic (exact) mass is 713 g/mol. The summed E-state index contributed by atoms with van der Waals surface area (Å²) in [6, 6.07) is 0. The molecule has 4 rings (SSSR count). The van der Waals surface area contributed by atoms with Crippen LogP contribution < -0.4 is 0 Å². The normalized spacial score (nSPS) is 32.3. The van der Waals surface area contributed by atoms with E-state index in [1.807, 2.05) is 0 Å². The van der Waals surface area contributed by atoms with Crippen LogP contribution in [-0.2, 0) is 13.6 Å². The third-order valence-corrected chi connectivity index (χ3v) is 23.9. The Kier molecular flexibility index (Phi) is 12.5. The molecule has 0 aliphatic heterocycles. The van der Waals surface area contributed by atoms with Gasteiger partial charge < -0.3 is 14.0 Å². The topological polar surface area (TPSA) is 55.8 Å². The van der Waals surface area contributed by atoms with E-state index in [1.165, 1.54) is 24.8 Å². The Morgan fingerprint density at radius 1 is 1.00 bits per heavy atom. The summed E-state index contributed by atoms with van der Waals surface area (Å²) in [5, 5.41) is 11.8. The first-order valence-corrected chi connectivity index (χ1v) is 26.0. The minimum Gasteiger partial charge on any atom is -0.413 e. The highest BCUT2D eigenvalue weighted by Crippen LogP contribution is 2.60. The van der Waals surface area contributed by atoms with Gasteiger partial charge in [-0.15, -0.1) is 0 Å². The average molecular weight is 713 g/mol. The summed E-state index contributed by atoms with van der Waals surface area (Å²) < 4.78 is 14.2. The van der Waals surface area contributed by atoms with Crippen molar-refractivity contribution < 1.29 is 18.8 Å². The SMILES string of the molecule is C=C1/C(=C\C=C2/CCC[C@]3(C)[C@@H]([C@H](C)C(O)CC(=O)C4(CCCC)CC4)CC[C@@H]23)C[C@@H](O[Si](C)(C)C(C)(C)C)C[C@@H]1O[Si](C)(C)C(C)(C)C. The minimum atomic E-state index is -2.01. The Hall–Kier alpha value is -0.796. The molecule has 0 saturated heterocycles. The van der Waals surface area contributed by atoms with Crippen LogP contribution in [0.5, 0.6) is 0 Å². The molecule has 0 aromatic rings. The van der Waals surface area contributed by atoms with Crippen LogP contribution in [0.4, 0.5) is 0 Å². The van der Waals surface area contributed by atoms with Gasteiger partial charge in [-0.1, -0.05) is 99.5 Å². The molecule has 0 heterocycles. The molecule has 4 saturated carbocycles. The van der Waals surface area contributed by atoms with Crippen molar-refractivity contribution in [3.05, 3.63) is 35.5 Å². The molecule has 4 aliphatic carbocycles. The molecule has 0 amide bonds. The number of hydrogen-bond acceptors (Lipinski definition) is 4.